The number of benzene rings is 1. The summed E-state index contributed by atoms with van der Waals surface area (Å²) in [6, 6.07) is 8.97. The minimum atomic E-state index is -0.484. The molecule has 0 spiro atoms. The lowest BCUT2D eigenvalue weighted by atomic mass is 10.1. The van der Waals surface area contributed by atoms with E-state index in [-0.39, 0.29) is 22.5 Å². The Balaban J connectivity index is 1.98. The Bertz CT molecular complexity index is 1130. The van der Waals surface area contributed by atoms with E-state index in [0.29, 0.717) is 12.2 Å². The molecule has 1 amide bonds. The van der Waals surface area contributed by atoms with Crippen molar-refractivity contribution >= 4 is 22.6 Å². The first-order valence-corrected chi connectivity index (χ1v) is 8.59. The van der Waals surface area contributed by atoms with E-state index in [9.17, 15) is 14.4 Å². The van der Waals surface area contributed by atoms with E-state index in [1.165, 1.54) is 30.9 Å². The molecule has 0 aliphatic carbocycles. The van der Waals surface area contributed by atoms with Gasteiger partial charge in [-0.3, -0.25) is 18.7 Å². The predicted molar refractivity (Wildman–Crippen MR) is 104 cm³/mol. The molecule has 1 aromatic carbocycles. The van der Waals surface area contributed by atoms with Gasteiger partial charge in [0, 0.05) is 32.5 Å². The first kappa shape index (κ1) is 18.5. The van der Waals surface area contributed by atoms with Gasteiger partial charge in [-0.15, -0.1) is 0 Å². The van der Waals surface area contributed by atoms with Gasteiger partial charge in [0.25, 0.3) is 11.5 Å². The highest BCUT2D eigenvalue weighted by Crippen LogP contribution is 2.17. The summed E-state index contributed by atoms with van der Waals surface area (Å²) >= 11 is 0. The van der Waals surface area contributed by atoms with Crippen molar-refractivity contribution in [3.05, 3.63) is 68.5 Å². The third-order valence-electron chi connectivity index (χ3n) is 4.39. The lowest BCUT2D eigenvalue weighted by Crippen LogP contribution is -2.37. The van der Waals surface area contributed by atoms with Crippen LogP contribution in [0.1, 0.15) is 22.8 Å². The summed E-state index contributed by atoms with van der Waals surface area (Å²) in [5.74, 6) is -0.371. The van der Waals surface area contributed by atoms with Crippen molar-refractivity contribution in [2.45, 2.75) is 13.5 Å². The summed E-state index contributed by atoms with van der Waals surface area (Å²) in [4.78, 5) is 41.2. The van der Waals surface area contributed by atoms with Gasteiger partial charge in [-0.05, 0) is 24.2 Å². The monoisotopic (exact) mass is 367 g/mol. The van der Waals surface area contributed by atoms with E-state index in [2.05, 4.69) is 15.6 Å². The van der Waals surface area contributed by atoms with Crippen LogP contribution in [0.3, 0.4) is 0 Å². The Morgan fingerprint density at radius 2 is 1.89 bits per heavy atom. The second kappa shape index (κ2) is 7.55. The third-order valence-corrected chi connectivity index (χ3v) is 4.39. The van der Waals surface area contributed by atoms with Gasteiger partial charge in [0.1, 0.15) is 5.65 Å². The van der Waals surface area contributed by atoms with Crippen LogP contribution in [0.5, 0.6) is 0 Å². The lowest BCUT2D eigenvalue weighted by Gasteiger charge is -2.12. The Kier molecular flexibility index (Phi) is 5.18. The molecule has 27 heavy (non-hydrogen) atoms. The molecule has 0 fully saturated rings. The molecule has 2 N–H and O–H groups in total. The SMILES string of the molecule is CCNCc1ccccc1NC(=O)c1cnc2c(c1)c(=O)n(C)c(=O)n2C. The molecular formula is C19H21N5O3. The molecule has 0 unspecified atom stereocenters. The van der Waals surface area contributed by atoms with E-state index < -0.39 is 11.2 Å². The highest BCUT2D eigenvalue weighted by Gasteiger charge is 2.14. The zero-order chi connectivity index (χ0) is 19.6. The van der Waals surface area contributed by atoms with Crippen LogP contribution >= 0.6 is 0 Å². The molecular weight excluding hydrogens is 346 g/mol. The van der Waals surface area contributed by atoms with Gasteiger partial charge in [0.2, 0.25) is 0 Å². The number of nitrogens with zero attached hydrogens (tertiary/aromatic N) is 3. The largest absolute Gasteiger partial charge is 0.332 e. The second-order valence-corrected chi connectivity index (χ2v) is 6.19. The number of hydrogen-bond donors (Lipinski definition) is 2. The van der Waals surface area contributed by atoms with Crippen molar-refractivity contribution < 1.29 is 4.79 Å². The van der Waals surface area contributed by atoms with E-state index in [1.807, 2.05) is 31.2 Å². The van der Waals surface area contributed by atoms with Crippen molar-refractivity contribution in [2.24, 2.45) is 14.1 Å². The van der Waals surface area contributed by atoms with Crippen LogP contribution in [-0.4, -0.2) is 26.6 Å². The standard InChI is InChI=1S/C19H21N5O3/c1-4-20-10-12-7-5-6-8-15(12)22-17(25)13-9-14-16(21-11-13)23(2)19(27)24(3)18(14)26/h5-9,11,20H,4,10H2,1-3H3,(H,22,25). The quantitative estimate of drug-likeness (QED) is 0.701. The van der Waals surface area contributed by atoms with Crippen LogP contribution in [0.2, 0.25) is 0 Å². The number of para-hydroxylation sites is 1. The number of amides is 1. The molecule has 0 aliphatic rings. The molecule has 8 heteroatoms. The Labute approximate surface area is 155 Å². The van der Waals surface area contributed by atoms with Gasteiger partial charge < -0.3 is 10.6 Å². The molecule has 2 heterocycles. The number of carbonyl (C=O) groups excluding carboxylic acids is 1. The van der Waals surface area contributed by atoms with E-state index in [1.54, 1.807) is 0 Å². The smallest absolute Gasteiger partial charge is 0.322 e. The number of nitrogens with one attached hydrogen (secondary N) is 2. The summed E-state index contributed by atoms with van der Waals surface area (Å²) in [6.45, 7) is 3.46. The van der Waals surface area contributed by atoms with Gasteiger partial charge in [-0.2, -0.15) is 0 Å². The van der Waals surface area contributed by atoms with Crippen molar-refractivity contribution in [3.8, 4) is 0 Å². The number of hydrogen-bond acceptors (Lipinski definition) is 5. The van der Waals surface area contributed by atoms with Crippen molar-refractivity contribution in [3.63, 3.8) is 0 Å². The average molecular weight is 367 g/mol. The fraction of sp³-hybridized carbons (Fsp3) is 0.263. The molecule has 0 bridgehead atoms. The van der Waals surface area contributed by atoms with E-state index in [0.717, 1.165) is 16.7 Å². The van der Waals surface area contributed by atoms with Crippen molar-refractivity contribution in [1.29, 1.82) is 0 Å². The maximum absolute atomic E-state index is 12.7. The molecule has 8 nitrogen and oxygen atoms in total. The second-order valence-electron chi connectivity index (χ2n) is 6.19. The number of carbonyl (C=O) groups is 1. The molecule has 0 saturated carbocycles. The van der Waals surface area contributed by atoms with Crippen LogP contribution in [0, 0.1) is 0 Å². The summed E-state index contributed by atoms with van der Waals surface area (Å²) in [5, 5.41) is 6.31. The fourth-order valence-corrected chi connectivity index (χ4v) is 2.84. The maximum atomic E-state index is 12.7. The van der Waals surface area contributed by atoms with Crippen LogP contribution in [0.15, 0.2) is 46.1 Å². The summed E-state index contributed by atoms with van der Waals surface area (Å²) in [6.07, 6.45) is 1.36. The van der Waals surface area contributed by atoms with Gasteiger partial charge in [-0.1, -0.05) is 25.1 Å². The topological polar surface area (TPSA) is 98.0 Å². The molecule has 0 aliphatic heterocycles. The molecule has 3 aromatic rings. The normalized spacial score (nSPS) is 10.9. The highest BCUT2D eigenvalue weighted by atomic mass is 16.2. The Morgan fingerprint density at radius 3 is 2.63 bits per heavy atom. The van der Waals surface area contributed by atoms with Gasteiger partial charge in [-0.25, -0.2) is 9.78 Å². The van der Waals surface area contributed by atoms with Gasteiger partial charge in [0.05, 0.1) is 10.9 Å². The molecule has 3 rings (SSSR count). The number of aromatic nitrogens is 3. The molecule has 0 atom stereocenters. The zero-order valence-electron chi connectivity index (χ0n) is 15.4. The van der Waals surface area contributed by atoms with Crippen LogP contribution in [0.4, 0.5) is 5.69 Å². The van der Waals surface area contributed by atoms with Gasteiger partial charge in [0.15, 0.2) is 0 Å². The van der Waals surface area contributed by atoms with Crippen molar-refractivity contribution in [1.82, 2.24) is 19.4 Å². The minimum absolute atomic E-state index is 0.216. The molecule has 0 radical (unpaired) electrons. The first-order chi connectivity index (χ1) is 12.9. The van der Waals surface area contributed by atoms with E-state index in [4.69, 9.17) is 0 Å². The highest BCUT2D eigenvalue weighted by molar-refractivity contribution is 6.05. The van der Waals surface area contributed by atoms with E-state index >= 15 is 0 Å². The lowest BCUT2D eigenvalue weighted by molar-refractivity contribution is 0.102. The fourth-order valence-electron chi connectivity index (χ4n) is 2.84. The summed E-state index contributed by atoms with van der Waals surface area (Å²) in [5.41, 5.74) is 1.19. The average Bonchev–Trinajstić information content (AvgIpc) is 2.69. The predicted octanol–water partition coefficient (Wildman–Crippen LogP) is 0.994. The molecule has 0 saturated heterocycles. The molecule has 2 aromatic heterocycles. The van der Waals surface area contributed by atoms with Crippen LogP contribution in [-0.2, 0) is 20.6 Å². The maximum Gasteiger partial charge on any atom is 0.332 e. The number of fused-ring (bicyclic) bond motifs is 1. The first-order valence-electron chi connectivity index (χ1n) is 8.59. The van der Waals surface area contributed by atoms with Crippen LogP contribution < -0.4 is 21.9 Å². The Hall–Kier alpha value is -3.26. The number of aryl methyl sites for hydroxylation is 1. The molecule has 140 valence electrons. The van der Waals surface area contributed by atoms with Crippen molar-refractivity contribution in [2.75, 3.05) is 11.9 Å². The summed E-state index contributed by atoms with van der Waals surface area (Å²) < 4.78 is 2.28. The number of rotatable bonds is 5. The van der Waals surface area contributed by atoms with Gasteiger partial charge >= 0.3 is 5.69 Å². The number of anilines is 1. The summed E-state index contributed by atoms with van der Waals surface area (Å²) in [7, 11) is 2.93. The zero-order valence-corrected chi connectivity index (χ0v) is 15.4. The minimum Gasteiger partial charge on any atom is -0.322 e. The third kappa shape index (κ3) is 3.52. The van der Waals surface area contributed by atoms with Crippen LogP contribution in [0.25, 0.3) is 11.0 Å². The Morgan fingerprint density at radius 1 is 1.15 bits per heavy atom. The number of pyridine rings is 1.